The summed E-state index contributed by atoms with van der Waals surface area (Å²) in [6.45, 7) is 1.47. The fraction of sp³-hybridized carbons (Fsp3) is 0.556. The van der Waals surface area contributed by atoms with E-state index >= 15 is 0 Å². The topological polar surface area (TPSA) is 59.2 Å². The molecule has 1 amide bonds. The molecular formula is C9H15Cl2N3OS. The Bertz CT molecular complexity index is 321. The maximum absolute atomic E-state index is 11.8. The van der Waals surface area contributed by atoms with Crippen molar-refractivity contribution in [1.82, 2.24) is 9.88 Å². The van der Waals surface area contributed by atoms with Crippen LogP contribution in [0.2, 0.25) is 0 Å². The first-order valence-corrected chi connectivity index (χ1v) is 5.64. The maximum Gasteiger partial charge on any atom is 0.273 e. The fourth-order valence-electron chi connectivity index (χ4n) is 1.67. The molecule has 2 N–H and O–H groups in total. The van der Waals surface area contributed by atoms with Crippen molar-refractivity contribution in [3.8, 4) is 0 Å². The average Bonchev–Trinajstić information content (AvgIpc) is 2.69. The molecule has 0 aromatic carbocycles. The quantitative estimate of drug-likeness (QED) is 0.851. The van der Waals surface area contributed by atoms with Gasteiger partial charge in [0.25, 0.3) is 5.91 Å². The van der Waals surface area contributed by atoms with E-state index in [1.807, 2.05) is 0 Å². The van der Waals surface area contributed by atoms with Crippen LogP contribution in [0.3, 0.4) is 0 Å². The molecule has 1 fully saturated rings. The Labute approximate surface area is 111 Å². The molecule has 16 heavy (non-hydrogen) atoms. The highest BCUT2D eigenvalue weighted by molar-refractivity contribution is 7.07. The Balaban J connectivity index is 0.00000112. The average molecular weight is 284 g/mol. The number of halogens is 2. The van der Waals surface area contributed by atoms with Gasteiger partial charge in [0.1, 0.15) is 5.69 Å². The van der Waals surface area contributed by atoms with Crippen LogP contribution in [0.15, 0.2) is 10.9 Å². The summed E-state index contributed by atoms with van der Waals surface area (Å²) in [7, 11) is 0. The number of rotatable bonds is 1. The monoisotopic (exact) mass is 283 g/mol. The number of piperidine rings is 1. The van der Waals surface area contributed by atoms with Crippen LogP contribution in [0.25, 0.3) is 0 Å². The van der Waals surface area contributed by atoms with Crippen molar-refractivity contribution in [1.29, 1.82) is 0 Å². The predicted octanol–water partition coefficient (Wildman–Crippen LogP) is 1.55. The normalized spacial score (nSPS) is 19.6. The zero-order valence-electron chi connectivity index (χ0n) is 8.67. The van der Waals surface area contributed by atoms with Gasteiger partial charge in [0.05, 0.1) is 5.51 Å². The predicted molar refractivity (Wildman–Crippen MR) is 69.7 cm³/mol. The lowest BCUT2D eigenvalue weighted by atomic mass is 10.1. The highest BCUT2D eigenvalue weighted by Gasteiger charge is 2.22. The number of carbonyl (C=O) groups excluding carboxylic acids is 1. The van der Waals surface area contributed by atoms with Gasteiger partial charge in [0.2, 0.25) is 0 Å². The highest BCUT2D eigenvalue weighted by Crippen LogP contribution is 2.12. The molecule has 2 heterocycles. The first-order chi connectivity index (χ1) is 6.77. The second-order valence-corrected chi connectivity index (χ2v) is 4.25. The molecule has 7 heteroatoms. The lowest BCUT2D eigenvalue weighted by molar-refractivity contribution is 0.0703. The molecule has 0 aliphatic carbocycles. The van der Waals surface area contributed by atoms with Gasteiger partial charge in [-0.15, -0.1) is 36.2 Å². The van der Waals surface area contributed by atoms with Crippen molar-refractivity contribution in [2.45, 2.75) is 18.9 Å². The van der Waals surface area contributed by atoms with Crippen LogP contribution in [-0.4, -0.2) is 34.9 Å². The maximum atomic E-state index is 11.8. The van der Waals surface area contributed by atoms with E-state index in [4.69, 9.17) is 5.73 Å². The number of nitrogens with zero attached hydrogens (tertiary/aromatic N) is 2. The summed E-state index contributed by atoms with van der Waals surface area (Å²) in [5.41, 5.74) is 8.03. The summed E-state index contributed by atoms with van der Waals surface area (Å²) >= 11 is 1.44. The Morgan fingerprint density at radius 1 is 1.56 bits per heavy atom. The number of aromatic nitrogens is 1. The Kier molecular flexibility index (Phi) is 6.90. The minimum atomic E-state index is 0. The van der Waals surface area contributed by atoms with E-state index in [2.05, 4.69) is 4.98 Å². The van der Waals surface area contributed by atoms with Crippen molar-refractivity contribution in [2.75, 3.05) is 13.1 Å². The van der Waals surface area contributed by atoms with E-state index in [1.165, 1.54) is 11.3 Å². The van der Waals surface area contributed by atoms with Gasteiger partial charge < -0.3 is 10.6 Å². The van der Waals surface area contributed by atoms with E-state index in [-0.39, 0.29) is 36.8 Å². The van der Waals surface area contributed by atoms with Crippen LogP contribution in [0, 0.1) is 0 Å². The molecule has 1 aliphatic rings. The van der Waals surface area contributed by atoms with Crippen LogP contribution >= 0.6 is 36.2 Å². The van der Waals surface area contributed by atoms with Gasteiger partial charge >= 0.3 is 0 Å². The molecule has 4 nitrogen and oxygen atoms in total. The van der Waals surface area contributed by atoms with Crippen molar-refractivity contribution in [3.63, 3.8) is 0 Å². The smallest absolute Gasteiger partial charge is 0.273 e. The molecule has 1 aromatic heterocycles. The molecule has 1 unspecified atom stereocenters. The molecule has 1 saturated heterocycles. The Morgan fingerprint density at radius 2 is 2.31 bits per heavy atom. The lowest BCUT2D eigenvalue weighted by Crippen LogP contribution is -2.45. The van der Waals surface area contributed by atoms with Crippen LogP contribution in [0.1, 0.15) is 23.3 Å². The van der Waals surface area contributed by atoms with Gasteiger partial charge in [-0.25, -0.2) is 4.98 Å². The van der Waals surface area contributed by atoms with Crippen molar-refractivity contribution < 1.29 is 4.79 Å². The number of amides is 1. The van der Waals surface area contributed by atoms with Crippen LogP contribution in [0.4, 0.5) is 0 Å². The fourth-order valence-corrected chi connectivity index (χ4v) is 2.20. The van der Waals surface area contributed by atoms with Gasteiger partial charge in [0.15, 0.2) is 0 Å². The number of likely N-dealkylation sites (tertiary alicyclic amines) is 1. The molecule has 0 radical (unpaired) electrons. The molecule has 0 bridgehead atoms. The molecule has 1 aromatic rings. The lowest BCUT2D eigenvalue weighted by Gasteiger charge is -2.30. The van der Waals surface area contributed by atoms with E-state index in [1.54, 1.807) is 15.8 Å². The second kappa shape index (κ2) is 7.06. The number of nitrogens with two attached hydrogens (primary N) is 1. The van der Waals surface area contributed by atoms with Crippen molar-refractivity contribution in [2.24, 2.45) is 5.73 Å². The molecule has 0 spiro atoms. The number of hydrogen-bond acceptors (Lipinski definition) is 4. The minimum Gasteiger partial charge on any atom is -0.336 e. The minimum absolute atomic E-state index is 0. The summed E-state index contributed by atoms with van der Waals surface area (Å²) in [6, 6.07) is 0.131. The van der Waals surface area contributed by atoms with Crippen LogP contribution in [0.5, 0.6) is 0 Å². The second-order valence-electron chi connectivity index (χ2n) is 3.53. The van der Waals surface area contributed by atoms with Crippen LogP contribution in [-0.2, 0) is 0 Å². The van der Waals surface area contributed by atoms with E-state index in [9.17, 15) is 4.79 Å². The standard InChI is InChI=1S/C9H13N3OS.2ClH/c10-7-2-1-3-12(4-7)9(13)8-5-14-6-11-8;;/h5-7H,1-4,10H2;2*1H. The summed E-state index contributed by atoms with van der Waals surface area (Å²) < 4.78 is 0. The molecular weight excluding hydrogens is 269 g/mol. The first-order valence-electron chi connectivity index (χ1n) is 4.70. The number of hydrogen-bond donors (Lipinski definition) is 1. The number of carbonyl (C=O) groups is 1. The number of thiazole rings is 1. The van der Waals surface area contributed by atoms with E-state index in [0.29, 0.717) is 12.2 Å². The zero-order chi connectivity index (χ0) is 9.97. The largest absolute Gasteiger partial charge is 0.336 e. The Morgan fingerprint density at radius 3 is 2.88 bits per heavy atom. The van der Waals surface area contributed by atoms with Crippen LogP contribution < -0.4 is 5.73 Å². The third kappa shape index (κ3) is 3.59. The Hall–Kier alpha value is -0.360. The summed E-state index contributed by atoms with van der Waals surface area (Å²) in [5.74, 6) is 0.0152. The van der Waals surface area contributed by atoms with Crippen molar-refractivity contribution in [3.05, 3.63) is 16.6 Å². The molecule has 1 aliphatic heterocycles. The highest BCUT2D eigenvalue weighted by atomic mass is 35.5. The van der Waals surface area contributed by atoms with Crippen molar-refractivity contribution >= 4 is 42.1 Å². The first kappa shape index (κ1) is 15.6. The van der Waals surface area contributed by atoms with Gasteiger partial charge in [-0.2, -0.15) is 0 Å². The molecule has 0 saturated carbocycles. The van der Waals surface area contributed by atoms with Gasteiger partial charge in [-0.1, -0.05) is 0 Å². The van der Waals surface area contributed by atoms with Gasteiger partial charge in [0, 0.05) is 24.5 Å². The molecule has 92 valence electrons. The summed E-state index contributed by atoms with van der Waals surface area (Å²) in [5, 5.41) is 1.78. The summed E-state index contributed by atoms with van der Waals surface area (Å²) in [4.78, 5) is 17.6. The molecule has 1 atom stereocenters. The third-order valence-corrected chi connectivity index (χ3v) is 2.98. The zero-order valence-corrected chi connectivity index (χ0v) is 11.1. The van der Waals surface area contributed by atoms with Gasteiger partial charge in [-0.05, 0) is 12.8 Å². The SMILES string of the molecule is Cl.Cl.NC1CCCN(C(=O)c2cscn2)C1. The molecule has 2 rings (SSSR count). The third-order valence-electron chi connectivity index (χ3n) is 2.40. The van der Waals surface area contributed by atoms with E-state index in [0.717, 1.165) is 19.4 Å². The van der Waals surface area contributed by atoms with Gasteiger partial charge in [-0.3, -0.25) is 4.79 Å². The van der Waals surface area contributed by atoms with E-state index < -0.39 is 0 Å². The summed E-state index contributed by atoms with van der Waals surface area (Å²) in [6.07, 6.45) is 2.01.